The Morgan fingerprint density at radius 2 is 2.06 bits per heavy atom. The lowest BCUT2D eigenvalue weighted by Gasteiger charge is -2.06. The fourth-order valence-electron chi connectivity index (χ4n) is 1.74. The molecular formula is C13H14N2O2S. The summed E-state index contributed by atoms with van der Waals surface area (Å²) in [4.78, 5) is 12.9. The number of thiophene rings is 1. The van der Waals surface area contributed by atoms with Gasteiger partial charge in [0.05, 0.1) is 4.92 Å². The summed E-state index contributed by atoms with van der Waals surface area (Å²) in [5, 5.41) is 14.0. The molecule has 0 unspecified atom stereocenters. The zero-order valence-corrected chi connectivity index (χ0v) is 11.1. The second kappa shape index (κ2) is 5.18. The average Bonchev–Trinajstić information content (AvgIpc) is 2.72. The number of nitro benzene ring substituents is 1. The zero-order valence-electron chi connectivity index (χ0n) is 10.3. The molecule has 0 saturated heterocycles. The van der Waals surface area contributed by atoms with E-state index in [1.54, 1.807) is 30.4 Å². The molecule has 0 bridgehead atoms. The van der Waals surface area contributed by atoms with E-state index in [1.807, 2.05) is 0 Å². The van der Waals surface area contributed by atoms with Crippen molar-refractivity contribution in [2.45, 2.75) is 20.4 Å². The van der Waals surface area contributed by atoms with Gasteiger partial charge in [0, 0.05) is 33.6 Å². The first-order valence-electron chi connectivity index (χ1n) is 5.60. The number of rotatable bonds is 4. The van der Waals surface area contributed by atoms with Crippen molar-refractivity contribution in [1.29, 1.82) is 0 Å². The zero-order chi connectivity index (χ0) is 13.1. The Hall–Kier alpha value is -1.88. The minimum Gasteiger partial charge on any atom is -0.380 e. The van der Waals surface area contributed by atoms with Crippen LogP contribution in [0.4, 0.5) is 11.4 Å². The van der Waals surface area contributed by atoms with Crippen LogP contribution < -0.4 is 5.32 Å². The lowest BCUT2D eigenvalue weighted by Crippen LogP contribution is -1.99. The standard InChI is InChI=1S/C13H14N2O2S/c1-9-7-11(4-6-13(9)15(16)17)14-8-12-5-3-10(2)18-12/h3-7,14H,8H2,1-2H3. The highest BCUT2D eigenvalue weighted by molar-refractivity contribution is 7.11. The summed E-state index contributed by atoms with van der Waals surface area (Å²) in [6, 6.07) is 9.26. The van der Waals surface area contributed by atoms with E-state index in [2.05, 4.69) is 24.4 Å². The fourth-order valence-corrected chi connectivity index (χ4v) is 2.57. The van der Waals surface area contributed by atoms with Crippen molar-refractivity contribution in [3.05, 3.63) is 55.8 Å². The third kappa shape index (κ3) is 2.87. The van der Waals surface area contributed by atoms with E-state index in [0.29, 0.717) is 5.56 Å². The van der Waals surface area contributed by atoms with Gasteiger partial charge in [0.25, 0.3) is 5.69 Å². The first-order chi connectivity index (χ1) is 8.56. The minimum absolute atomic E-state index is 0.160. The summed E-state index contributed by atoms with van der Waals surface area (Å²) in [6.07, 6.45) is 0. The molecule has 0 fully saturated rings. The summed E-state index contributed by atoms with van der Waals surface area (Å²) < 4.78 is 0. The van der Waals surface area contributed by atoms with Crippen LogP contribution in [0, 0.1) is 24.0 Å². The summed E-state index contributed by atoms with van der Waals surface area (Å²) in [5.41, 5.74) is 1.74. The molecule has 5 heteroatoms. The van der Waals surface area contributed by atoms with Gasteiger partial charge in [-0.3, -0.25) is 10.1 Å². The molecule has 0 radical (unpaired) electrons. The maximum absolute atomic E-state index is 10.7. The van der Waals surface area contributed by atoms with Crippen molar-refractivity contribution in [3.8, 4) is 0 Å². The minimum atomic E-state index is -0.359. The molecule has 1 aromatic carbocycles. The molecule has 1 N–H and O–H groups in total. The normalized spacial score (nSPS) is 10.3. The molecule has 1 aromatic heterocycles. The van der Waals surface area contributed by atoms with Gasteiger partial charge in [-0.25, -0.2) is 0 Å². The highest BCUT2D eigenvalue weighted by atomic mass is 32.1. The van der Waals surface area contributed by atoms with Gasteiger partial charge in [0.2, 0.25) is 0 Å². The maximum Gasteiger partial charge on any atom is 0.272 e. The average molecular weight is 262 g/mol. The largest absolute Gasteiger partial charge is 0.380 e. The van der Waals surface area contributed by atoms with Crippen molar-refractivity contribution >= 4 is 22.7 Å². The van der Waals surface area contributed by atoms with E-state index in [9.17, 15) is 10.1 Å². The lowest BCUT2D eigenvalue weighted by molar-refractivity contribution is -0.385. The van der Waals surface area contributed by atoms with Crippen LogP contribution >= 0.6 is 11.3 Å². The molecule has 2 aromatic rings. The number of nitrogens with zero attached hydrogens (tertiary/aromatic N) is 1. The first kappa shape index (κ1) is 12.6. The van der Waals surface area contributed by atoms with Gasteiger partial charge in [0.1, 0.15) is 0 Å². The second-order valence-corrected chi connectivity index (χ2v) is 5.50. The number of hydrogen-bond acceptors (Lipinski definition) is 4. The molecule has 0 amide bonds. The number of benzene rings is 1. The molecule has 0 aliphatic heterocycles. The first-order valence-corrected chi connectivity index (χ1v) is 6.42. The third-order valence-electron chi connectivity index (χ3n) is 2.66. The Kier molecular flexibility index (Phi) is 3.62. The molecule has 4 nitrogen and oxygen atoms in total. The Morgan fingerprint density at radius 3 is 2.61 bits per heavy atom. The van der Waals surface area contributed by atoms with Crippen LogP contribution in [0.15, 0.2) is 30.3 Å². The Morgan fingerprint density at radius 1 is 1.28 bits per heavy atom. The summed E-state index contributed by atoms with van der Waals surface area (Å²) in [7, 11) is 0. The van der Waals surface area contributed by atoms with Gasteiger partial charge in [-0.1, -0.05) is 0 Å². The molecule has 0 aliphatic carbocycles. The summed E-state index contributed by atoms with van der Waals surface area (Å²) in [5.74, 6) is 0. The van der Waals surface area contributed by atoms with Crippen molar-refractivity contribution in [2.75, 3.05) is 5.32 Å². The predicted octanol–water partition coefficient (Wildman–Crippen LogP) is 3.89. The SMILES string of the molecule is Cc1ccc(CNc2ccc([N+](=O)[O-])c(C)c2)s1. The van der Waals surface area contributed by atoms with Gasteiger partial charge in [-0.05, 0) is 38.1 Å². The van der Waals surface area contributed by atoms with Gasteiger partial charge in [0.15, 0.2) is 0 Å². The van der Waals surface area contributed by atoms with E-state index in [-0.39, 0.29) is 10.6 Å². The Balaban J connectivity index is 2.06. The molecule has 0 spiro atoms. The molecule has 0 aliphatic rings. The van der Waals surface area contributed by atoms with Crippen molar-refractivity contribution in [3.63, 3.8) is 0 Å². The smallest absolute Gasteiger partial charge is 0.272 e. The molecule has 0 atom stereocenters. The van der Waals surface area contributed by atoms with E-state index in [0.717, 1.165) is 12.2 Å². The molecular weight excluding hydrogens is 248 g/mol. The third-order valence-corrected chi connectivity index (χ3v) is 3.66. The van der Waals surface area contributed by atoms with Gasteiger partial charge < -0.3 is 5.32 Å². The lowest BCUT2D eigenvalue weighted by atomic mass is 10.2. The van der Waals surface area contributed by atoms with Gasteiger partial charge in [-0.15, -0.1) is 11.3 Å². The highest BCUT2D eigenvalue weighted by Crippen LogP contribution is 2.23. The maximum atomic E-state index is 10.7. The Bertz CT molecular complexity index is 578. The monoisotopic (exact) mass is 262 g/mol. The van der Waals surface area contributed by atoms with Crippen LogP contribution in [0.2, 0.25) is 0 Å². The molecule has 0 saturated carbocycles. The molecule has 18 heavy (non-hydrogen) atoms. The van der Waals surface area contributed by atoms with Crippen LogP contribution in [0.5, 0.6) is 0 Å². The van der Waals surface area contributed by atoms with E-state index in [4.69, 9.17) is 0 Å². The molecule has 1 heterocycles. The van der Waals surface area contributed by atoms with Crippen LogP contribution in [-0.2, 0) is 6.54 Å². The van der Waals surface area contributed by atoms with Crippen molar-refractivity contribution in [2.24, 2.45) is 0 Å². The fraction of sp³-hybridized carbons (Fsp3) is 0.231. The number of anilines is 1. The van der Waals surface area contributed by atoms with E-state index in [1.165, 1.54) is 15.8 Å². The van der Waals surface area contributed by atoms with E-state index < -0.39 is 0 Å². The summed E-state index contributed by atoms with van der Waals surface area (Å²) >= 11 is 1.75. The topological polar surface area (TPSA) is 55.2 Å². The van der Waals surface area contributed by atoms with Crippen LogP contribution in [-0.4, -0.2) is 4.92 Å². The highest BCUT2D eigenvalue weighted by Gasteiger charge is 2.09. The van der Waals surface area contributed by atoms with E-state index >= 15 is 0 Å². The van der Waals surface area contributed by atoms with Gasteiger partial charge in [-0.2, -0.15) is 0 Å². The van der Waals surface area contributed by atoms with Crippen LogP contribution in [0.3, 0.4) is 0 Å². The number of nitro groups is 1. The van der Waals surface area contributed by atoms with Gasteiger partial charge >= 0.3 is 0 Å². The van der Waals surface area contributed by atoms with Crippen LogP contribution in [0.1, 0.15) is 15.3 Å². The predicted molar refractivity (Wildman–Crippen MR) is 74.2 cm³/mol. The molecule has 2 rings (SSSR count). The summed E-state index contributed by atoms with van der Waals surface area (Å²) in [6.45, 7) is 4.57. The number of hydrogen-bond donors (Lipinski definition) is 1. The number of nitrogens with one attached hydrogen (secondary N) is 1. The van der Waals surface area contributed by atoms with Crippen molar-refractivity contribution in [1.82, 2.24) is 0 Å². The Labute approximate surface area is 109 Å². The van der Waals surface area contributed by atoms with Crippen molar-refractivity contribution < 1.29 is 4.92 Å². The van der Waals surface area contributed by atoms with Crippen LogP contribution in [0.25, 0.3) is 0 Å². The number of aryl methyl sites for hydroxylation is 2. The second-order valence-electron chi connectivity index (χ2n) is 4.12. The molecule has 94 valence electrons. The quantitative estimate of drug-likeness (QED) is 0.672.